The quantitative estimate of drug-likeness (QED) is 0.445. The molecule has 5 rings (SSSR count). The number of ether oxygens (including phenoxy) is 1. The Kier molecular flexibility index (Phi) is 4.88. The van der Waals surface area contributed by atoms with Crippen LogP contribution in [0.2, 0.25) is 0 Å². The molecule has 0 radical (unpaired) electrons. The smallest absolute Gasteiger partial charge is 0.265 e. The molecule has 9 heteroatoms. The summed E-state index contributed by atoms with van der Waals surface area (Å²) in [5.41, 5.74) is 1.32. The van der Waals surface area contributed by atoms with Crippen molar-refractivity contribution in [1.82, 2.24) is 4.98 Å². The van der Waals surface area contributed by atoms with Gasteiger partial charge in [-0.05, 0) is 29.7 Å². The molecule has 0 fully saturated rings. The molecule has 0 unspecified atom stereocenters. The molecule has 158 valence electrons. The van der Waals surface area contributed by atoms with Crippen molar-refractivity contribution in [2.75, 3.05) is 36.0 Å². The van der Waals surface area contributed by atoms with Crippen molar-refractivity contribution in [3.05, 3.63) is 60.7 Å². The summed E-state index contributed by atoms with van der Waals surface area (Å²) in [4.78, 5) is 19.7. The van der Waals surface area contributed by atoms with Gasteiger partial charge in [0.05, 0.1) is 34.0 Å². The van der Waals surface area contributed by atoms with Gasteiger partial charge in [0, 0.05) is 12.5 Å². The first-order chi connectivity index (χ1) is 15.0. The van der Waals surface area contributed by atoms with Crippen LogP contribution < -0.4 is 9.21 Å². The van der Waals surface area contributed by atoms with Crippen molar-refractivity contribution >= 4 is 59.1 Å². The number of anilines is 2. The van der Waals surface area contributed by atoms with Gasteiger partial charge in [0.15, 0.2) is 5.13 Å². The van der Waals surface area contributed by atoms with Crippen LogP contribution in [0.1, 0.15) is 0 Å². The Morgan fingerprint density at radius 3 is 2.65 bits per heavy atom. The summed E-state index contributed by atoms with van der Waals surface area (Å²) < 4.78 is 33.8. The standard InChI is InChI=1S/C22H19N3O4S2/c1-29-13-12-24(22-23-16-8-2-3-10-18(16)30-22)20(26)14-25-17-9-4-6-15-7-5-11-19(21(15)17)31(25,27)28/h2-11H,12-14H2,1H3. The summed E-state index contributed by atoms with van der Waals surface area (Å²) in [7, 11) is -2.26. The molecular formula is C22H19N3O4S2. The van der Waals surface area contributed by atoms with Crippen LogP contribution in [0.5, 0.6) is 0 Å². The molecule has 1 aliphatic rings. The summed E-state index contributed by atoms with van der Waals surface area (Å²) in [5.74, 6) is -0.357. The Bertz CT molecular complexity index is 1380. The van der Waals surface area contributed by atoms with Gasteiger partial charge in [0.1, 0.15) is 6.54 Å². The van der Waals surface area contributed by atoms with Crippen molar-refractivity contribution in [3.63, 3.8) is 0 Å². The molecule has 3 aromatic carbocycles. The van der Waals surface area contributed by atoms with E-state index in [9.17, 15) is 13.2 Å². The van der Waals surface area contributed by atoms with E-state index in [1.807, 2.05) is 36.4 Å². The number of thiazole rings is 1. The normalized spacial score (nSPS) is 14.4. The van der Waals surface area contributed by atoms with E-state index in [0.717, 1.165) is 15.6 Å². The summed E-state index contributed by atoms with van der Waals surface area (Å²) in [6, 6.07) is 18.2. The number of aromatic nitrogens is 1. The summed E-state index contributed by atoms with van der Waals surface area (Å²) in [6.07, 6.45) is 0. The minimum absolute atomic E-state index is 0.233. The average Bonchev–Trinajstić information content (AvgIpc) is 3.28. The zero-order chi connectivity index (χ0) is 21.6. The fourth-order valence-electron chi connectivity index (χ4n) is 3.82. The Morgan fingerprint density at radius 1 is 1.10 bits per heavy atom. The number of sulfonamides is 1. The van der Waals surface area contributed by atoms with Crippen LogP contribution >= 0.6 is 11.3 Å². The zero-order valence-electron chi connectivity index (χ0n) is 16.7. The molecule has 1 amide bonds. The molecule has 0 aliphatic carbocycles. The van der Waals surface area contributed by atoms with Crippen LogP contribution in [0.25, 0.3) is 21.0 Å². The topological polar surface area (TPSA) is 79.8 Å². The Labute approximate surface area is 183 Å². The first-order valence-electron chi connectivity index (χ1n) is 9.70. The minimum Gasteiger partial charge on any atom is -0.383 e. The molecular weight excluding hydrogens is 434 g/mol. The van der Waals surface area contributed by atoms with Gasteiger partial charge in [-0.2, -0.15) is 0 Å². The number of carbonyl (C=O) groups excluding carboxylic acids is 1. The number of para-hydroxylation sites is 1. The third kappa shape index (κ3) is 3.25. The molecule has 2 heterocycles. The highest BCUT2D eigenvalue weighted by Crippen LogP contribution is 2.42. The van der Waals surface area contributed by atoms with E-state index in [4.69, 9.17) is 4.74 Å². The lowest BCUT2D eigenvalue weighted by Gasteiger charge is -2.24. The van der Waals surface area contributed by atoms with Gasteiger partial charge in [0.25, 0.3) is 10.0 Å². The second-order valence-electron chi connectivity index (χ2n) is 7.15. The number of rotatable bonds is 6. The van der Waals surface area contributed by atoms with Gasteiger partial charge in [-0.15, -0.1) is 0 Å². The fraction of sp³-hybridized carbons (Fsp3) is 0.182. The van der Waals surface area contributed by atoms with Crippen molar-refractivity contribution in [2.45, 2.75) is 4.90 Å². The maximum absolute atomic E-state index is 13.4. The van der Waals surface area contributed by atoms with Gasteiger partial charge in [-0.1, -0.05) is 47.7 Å². The number of hydrogen-bond donors (Lipinski definition) is 0. The predicted molar refractivity (Wildman–Crippen MR) is 122 cm³/mol. The number of carbonyl (C=O) groups is 1. The largest absolute Gasteiger partial charge is 0.383 e. The molecule has 7 nitrogen and oxygen atoms in total. The first-order valence-corrected chi connectivity index (χ1v) is 12.0. The molecule has 0 bridgehead atoms. The molecule has 1 aliphatic heterocycles. The number of fused-ring (bicyclic) bond motifs is 1. The molecule has 0 N–H and O–H groups in total. The molecule has 0 atom stereocenters. The maximum atomic E-state index is 13.4. The number of nitrogens with zero attached hydrogens (tertiary/aromatic N) is 3. The second-order valence-corrected chi connectivity index (χ2v) is 9.99. The zero-order valence-corrected chi connectivity index (χ0v) is 18.3. The van der Waals surface area contributed by atoms with E-state index in [1.165, 1.54) is 20.5 Å². The first kappa shape index (κ1) is 19.9. The van der Waals surface area contributed by atoms with Crippen LogP contribution in [-0.2, 0) is 19.6 Å². The highest BCUT2D eigenvalue weighted by atomic mass is 32.2. The third-order valence-electron chi connectivity index (χ3n) is 5.29. The molecule has 0 saturated heterocycles. The number of hydrogen-bond acceptors (Lipinski definition) is 6. The number of benzene rings is 3. The SMILES string of the molecule is COCCN(C(=O)CN1c2cccc3cccc(c23)S1(=O)=O)c1nc2ccccc2s1. The van der Waals surface area contributed by atoms with E-state index in [2.05, 4.69) is 4.98 Å². The van der Waals surface area contributed by atoms with Crippen LogP contribution in [0.15, 0.2) is 65.6 Å². The fourth-order valence-corrected chi connectivity index (χ4v) is 6.49. The van der Waals surface area contributed by atoms with E-state index in [1.54, 1.807) is 31.4 Å². The van der Waals surface area contributed by atoms with E-state index >= 15 is 0 Å². The second kappa shape index (κ2) is 7.60. The van der Waals surface area contributed by atoms with Crippen LogP contribution in [0.4, 0.5) is 10.8 Å². The number of methoxy groups -OCH3 is 1. The summed E-state index contributed by atoms with van der Waals surface area (Å²) in [6.45, 7) is 0.278. The lowest BCUT2D eigenvalue weighted by molar-refractivity contribution is -0.117. The summed E-state index contributed by atoms with van der Waals surface area (Å²) >= 11 is 1.39. The highest BCUT2D eigenvalue weighted by molar-refractivity contribution is 7.93. The van der Waals surface area contributed by atoms with Gasteiger partial charge in [-0.3, -0.25) is 14.0 Å². The number of amides is 1. The van der Waals surface area contributed by atoms with Crippen molar-refractivity contribution in [1.29, 1.82) is 0 Å². The molecule has 4 aromatic rings. The van der Waals surface area contributed by atoms with Gasteiger partial charge in [-0.25, -0.2) is 13.4 Å². The Hall–Kier alpha value is -3.01. The van der Waals surface area contributed by atoms with E-state index in [-0.39, 0.29) is 23.9 Å². The summed E-state index contributed by atoms with van der Waals surface area (Å²) in [5, 5.41) is 2.01. The van der Waals surface area contributed by atoms with Gasteiger partial charge < -0.3 is 4.74 Å². The highest BCUT2D eigenvalue weighted by Gasteiger charge is 2.37. The van der Waals surface area contributed by atoms with Gasteiger partial charge >= 0.3 is 0 Å². The van der Waals surface area contributed by atoms with Crippen LogP contribution in [0, 0.1) is 0 Å². The van der Waals surface area contributed by atoms with Crippen LogP contribution in [-0.4, -0.2) is 46.1 Å². The van der Waals surface area contributed by atoms with Crippen molar-refractivity contribution < 1.29 is 17.9 Å². The molecule has 0 saturated carbocycles. The molecule has 1 aromatic heterocycles. The van der Waals surface area contributed by atoms with E-state index in [0.29, 0.717) is 22.8 Å². The Morgan fingerprint density at radius 2 is 1.87 bits per heavy atom. The van der Waals surface area contributed by atoms with E-state index < -0.39 is 10.0 Å². The van der Waals surface area contributed by atoms with Crippen LogP contribution in [0.3, 0.4) is 0 Å². The molecule has 0 spiro atoms. The third-order valence-corrected chi connectivity index (χ3v) is 8.16. The molecule has 31 heavy (non-hydrogen) atoms. The lowest BCUT2D eigenvalue weighted by Crippen LogP contribution is -2.43. The predicted octanol–water partition coefficient (Wildman–Crippen LogP) is 3.64. The average molecular weight is 454 g/mol. The monoisotopic (exact) mass is 453 g/mol. The van der Waals surface area contributed by atoms with Crippen molar-refractivity contribution in [2.24, 2.45) is 0 Å². The lowest BCUT2D eigenvalue weighted by atomic mass is 10.1. The maximum Gasteiger partial charge on any atom is 0.265 e. The Balaban J connectivity index is 1.52. The van der Waals surface area contributed by atoms with Gasteiger partial charge in [0.2, 0.25) is 5.91 Å². The van der Waals surface area contributed by atoms with Crippen molar-refractivity contribution in [3.8, 4) is 0 Å². The minimum atomic E-state index is -3.82.